The predicted octanol–water partition coefficient (Wildman–Crippen LogP) is 4.80. The Bertz CT molecular complexity index is 958. The van der Waals surface area contributed by atoms with Crippen molar-refractivity contribution in [3.8, 4) is 0 Å². The average molecular weight is 349 g/mol. The van der Waals surface area contributed by atoms with Gasteiger partial charge in [0.25, 0.3) is 0 Å². The number of furan rings is 2. The molecule has 26 heavy (non-hydrogen) atoms. The summed E-state index contributed by atoms with van der Waals surface area (Å²) < 4.78 is 10.7. The summed E-state index contributed by atoms with van der Waals surface area (Å²) in [7, 11) is 0. The minimum atomic E-state index is -0.561. The van der Waals surface area contributed by atoms with Gasteiger partial charge in [-0.15, -0.1) is 0 Å². The number of hydrogen-bond acceptors (Lipinski definition) is 6. The summed E-state index contributed by atoms with van der Waals surface area (Å²) in [5, 5.41) is 17.3. The Balaban J connectivity index is 1.60. The van der Waals surface area contributed by atoms with Gasteiger partial charge in [-0.3, -0.25) is 15.1 Å². The molecule has 1 aromatic carbocycles. The zero-order chi connectivity index (χ0) is 17.9. The first-order valence-corrected chi connectivity index (χ1v) is 8.08. The summed E-state index contributed by atoms with van der Waals surface area (Å²) in [6.45, 7) is 0. The molecule has 1 aliphatic rings. The van der Waals surface area contributed by atoms with E-state index in [2.05, 4.69) is 5.10 Å². The molecule has 0 saturated carbocycles. The van der Waals surface area contributed by atoms with Crippen LogP contribution in [0.3, 0.4) is 0 Å². The van der Waals surface area contributed by atoms with E-state index in [1.54, 1.807) is 24.5 Å². The molecule has 0 aliphatic carbocycles. The van der Waals surface area contributed by atoms with E-state index in [4.69, 9.17) is 8.83 Å². The quantitative estimate of drug-likeness (QED) is 0.488. The van der Waals surface area contributed by atoms with Gasteiger partial charge in [0, 0.05) is 6.42 Å². The number of rotatable bonds is 5. The summed E-state index contributed by atoms with van der Waals surface area (Å²) in [4.78, 5) is 10.1. The fraction of sp³-hybridized carbons (Fsp3) is 0.105. The third-order valence-electron chi connectivity index (χ3n) is 4.06. The van der Waals surface area contributed by atoms with Crippen molar-refractivity contribution in [2.75, 3.05) is 5.01 Å². The van der Waals surface area contributed by atoms with Crippen molar-refractivity contribution in [2.45, 2.75) is 12.5 Å². The van der Waals surface area contributed by atoms with Gasteiger partial charge in [0.05, 0.1) is 23.7 Å². The van der Waals surface area contributed by atoms with Crippen molar-refractivity contribution < 1.29 is 13.8 Å². The monoisotopic (exact) mass is 349 g/mol. The Labute approximate surface area is 149 Å². The van der Waals surface area contributed by atoms with Gasteiger partial charge in [-0.1, -0.05) is 18.2 Å². The number of benzene rings is 1. The number of para-hydroxylation sites is 1. The molecule has 1 aliphatic heterocycles. The minimum absolute atomic E-state index is 0.0435. The van der Waals surface area contributed by atoms with E-state index >= 15 is 0 Å². The van der Waals surface area contributed by atoms with Crippen LogP contribution >= 0.6 is 0 Å². The van der Waals surface area contributed by atoms with Gasteiger partial charge in [0.15, 0.2) is 0 Å². The Kier molecular flexibility index (Phi) is 4.10. The van der Waals surface area contributed by atoms with Gasteiger partial charge in [-0.05, 0) is 42.5 Å². The van der Waals surface area contributed by atoms with Crippen LogP contribution in [-0.2, 0) is 0 Å². The van der Waals surface area contributed by atoms with Crippen molar-refractivity contribution in [1.29, 1.82) is 0 Å². The Morgan fingerprint density at radius 3 is 2.65 bits per heavy atom. The van der Waals surface area contributed by atoms with Gasteiger partial charge in [-0.2, -0.15) is 5.10 Å². The number of hydrogen-bond donors (Lipinski definition) is 0. The minimum Gasteiger partial charge on any atom is -0.467 e. The third kappa shape index (κ3) is 3.14. The van der Waals surface area contributed by atoms with Crippen LogP contribution in [-0.4, -0.2) is 10.6 Å². The molecule has 3 heterocycles. The number of allylic oxidation sites excluding steroid dienone is 1. The third-order valence-corrected chi connectivity index (χ3v) is 4.06. The Hall–Kier alpha value is -3.61. The normalized spacial score (nSPS) is 17.0. The molecule has 0 radical (unpaired) electrons. The van der Waals surface area contributed by atoms with Crippen molar-refractivity contribution in [1.82, 2.24) is 0 Å². The second kappa shape index (κ2) is 6.72. The predicted molar refractivity (Wildman–Crippen MR) is 96.8 cm³/mol. The summed E-state index contributed by atoms with van der Waals surface area (Å²) in [6.07, 6.45) is 5.79. The molecule has 0 fully saturated rings. The second-order valence-corrected chi connectivity index (χ2v) is 5.77. The summed E-state index contributed by atoms with van der Waals surface area (Å²) in [5.74, 6) is 0.958. The fourth-order valence-electron chi connectivity index (χ4n) is 2.86. The van der Waals surface area contributed by atoms with Crippen molar-refractivity contribution >= 4 is 23.4 Å². The van der Waals surface area contributed by atoms with E-state index < -0.39 is 4.92 Å². The van der Waals surface area contributed by atoms with Gasteiger partial charge in [-0.25, -0.2) is 0 Å². The maximum atomic E-state index is 10.7. The van der Waals surface area contributed by atoms with E-state index in [1.165, 1.54) is 6.07 Å². The lowest BCUT2D eigenvalue weighted by atomic mass is 10.1. The summed E-state index contributed by atoms with van der Waals surface area (Å²) in [5.41, 5.74) is 1.79. The first-order chi connectivity index (χ1) is 12.7. The molecule has 0 bridgehead atoms. The SMILES string of the molecule is O=[N+]([O-])c1ccc(/C=C/C2=NN(c3ccccc3)C(c3ccco3)C2)o1. The van der Waals surface area contributed by atoms with Gasteiger partial charge >= 0.3 is 5.88 Å². The van der Waals surface area contributed by atoms with E-state index in [0.29, 0.717) is 12.2 Å². The molecule has 0 spiro atoms. The number of hydrazone groups is 1. The van der Waals surface area contributed by atoms with Crippen LogP contribution in [0.2, 0.25) is 0 Å². The lowest BCUT2D eigenvalue weighted by molar-refractivity contribution is -0.402. The Morgan fingerprint density at radius 2 is 1.96 bits per heavy atom. The van der Waals surface area contributed by atoms with Crippen molar-refractivity contribution in [3.63, 3.8) is 0 Å². The molecular weight excluding hydrogens is 334 g/mol. The largest absolute Gasteiger partial charge is 0.467 e. The van der Waals surface area contributed by atoms with Crippen molar-refractivity contribution in [3.05, 3.63) is 88.6 Å². The molecule has 3 aromatic rings. The van der Waals surface area contributed by atoms with E-state index in [-0.39, 0.29) is 11.9 Å². The van der Waals surface area contributed by atoms with Gasteiger partial charge < -0.3 is 8.83 Å². The standard InChI is InChI=1S/C19H15N3O4/c23-22(24)19-11-10-16(26-19)9-8-14-13-17(18-7-4-12-25-18)21(20-14)15-5-2-1-3-6-15/h1-12,17H,13H2/b9-8+. The second-order valence-electron chi connectivity index (χ2n) is 5.77. The van der Waals surface area contributed by atoms with Gasteiger partial charge in [0.2, 0.25) is 0 Å². The zero-order valence-corrected chi connectivity index (χ0v) is 13.7. The average Bonchev–Trinajstić information content (AvgIpc) is 3.39. The molecule has 1 unspecified atom stereocenters. The summed E-state index contributed by atoms with van der Waals surface area (Å²) >= 11 is 0. The van der Waals surface area contributed by atoms with Crippen LogP contribution in [0, 0.1) is 10.1 Å². The molecule has 0 amide bonds. The molecule has 130 valence electrons. The van der Waals surface area contributed by atoms with E-state index in [9.17, 15) is 10.1 Å². The van der Waals surface area contributed by atoms with Crippen LogP contribution in [0.25, 0.3) is 6.08 Å². The highest BCUT2D eigenvalue weighted by Gasteiger charge is 2.30. The highest BCUT2D eigenvalue weighted by molar-refractivity contribution is 6.00. The smallest absolute Gasteiger partial charge is 0.433 e. The molecule has 4 rings (SSSR count). The first kappa shape index (κ1) is 15.9. The van der Waals surface area contributed by atoms with Gasteiger partial charge in [0.1, 0.15) is 22.5 Å². The number of nitro groups is 1. The zero-order valence-electron chi connectivity index (χ0n) is 13.7. The van der Waals surface area contributed by atoms with Crippen LogP contribution in [0.15, 0.2) is 80.9 Å². The number of nitrogens with zero attached hydrogens (tertiary/aromatic N) is 3. The first-order valence-electron chi connectivity index (χ1n) is 8.08. The molecule has 2 aromatic heterocycles. The van der Waals surface area contributed by atoms with E-state index in [1.807, 2.05) is 47.5 Å². The van der Waals surface area contributed by atoms with Crippen LogP contribution in [0.1, 0.15) is 24.0 Å². The fourth-order valence-corrected chi connectivity index (χ4v) is 2.86. The Morgan fingerprint density at radius 1 is 1.12 bits per heavy atom. The molecule has 0 N–H and O–H groups in total. The lowest BCUT2D eigenvalue weighted by Crippen LogP contribution is -2.17. The van der Waals surface area contributed by atoms with E-state index in [0.717, 1.165) is 17.2 Å². The van der Waals surface area contributed by atoms with Crippen molar-refractivity contribution in [2.24, 2.45) is 5.10 Å². The number of anilines is 1. The molecule has 7 heteroatoms. The topological polar surface area (TPSA) is 85.0 Å². The lowest BCUT2D eigenvalue weighted by Gasteiger charge is -2.21. The van der Waals surface area contributed by atoms with Crippen LogP contribution in [0.4, 0.5) is 11.6 Å². The molecule has 1 atom stereocenters. The molecule has 0 saturated heterocycles. The summed E-state index contributed by atoms with van der Waals surface area (Å²) in [6, 6.07) is 16.5. The highest BCUT2D eigenvalue weighted by atomic mass is 16.6. The van der Waals surface area contributed by atoms with Crippen LogP contribution in [0.5, 0.6) is 0 Å². The molecule has 7 nitrogen and oxygen atoms in total. The molecular formula is C19H15N3O4. The maximum absolute atomic E-state index is 10.7. The highest BCUT2D eigenvalue weighted by Crippen LogP contribution is 2.35. The van der Waals surface area contributed by atoms with Crippen LogP contribution < -0.4 is 5.01 Å². The maximum Gasteiger partial charge on any atom is 0.433 e.